The van der Waals surface area contributed by atoms with Crippen LogP contribution in [0.5, 0.6) is 0 Å². The zero-order valence-electron chi connectivity index (χ0n) is 19.3. The fourth-order valence-corrected chi connectivity index (χ4v) is 8.44. The first-order valence-electron chi connectivity index (χ1n) is 12.2. The Kier molecular flexibility index (Phi) is 5.97. The number of nitrogens with one attached hydrogen (secondary N) is 1. The Labute approximate surface area is 181 Å². The van der Waals surface area contributed by atoms with Gasteiger partial charge in [0, 0.05) is 18.4 Å². The number of esters is 1. The van der Waals surface area contributed by atoms with Crippen LogP contribution in [-0.2, 0) is 14.3 Å². The quantitative estimate of drug-likeness (QED) is 0.674. The highest BCUT2D eigenvalue weighted by atomic mass is 16.5. The summed E-state index contributed by atoms with van der Waals surface area (Å²) < 4.78 is 4.85. The number of ether oxygens (including phenoxy) is 1. The zero-order valence-corrected chi connectivity index (χ0v) is 19.3. The second-order valence-electron chi connectivity index (χ2n) is 11.4. The molecule has 0 spiro atoms. The molecule has 0 unspecified atom stereocenters. The summed E-state index contributed by atoms with van der Waals surface area (Å²) in [6.07, 6.45) is 9.30. The molecule has 5 nitrogen and oxygen atoms in total. The van der Waals surface area contributed by atoms with Gasteiger partial charge in [-0.05, 0) is 99.2 Å². The summed E-state index contributed by atoms with van der Waals surface area (Å²) in [6.45, 7) is 6.96. The predicted molar refractivity (Wildman–Crippen MR) is 115 cm³/mol. The average molecular weight is 420 g/mol. The van der Waals surface area contributed by atoms with Gasteiger partial charge in [-0.2, -0.15) is 0 Å². The van der Waals surface area contributed by atoms with Crippen LogP contribution in [0.25, 0.3) is 0 Å². The molecule has 0 aromatic carbocycles. The van der Waals surface area contributed by atoms with E-state index >= 15 is 0 Å². The smallest absolute Gasteiger partial charge is 0.305 e. The largest absolute Gasteiger partial charge is 0.469 e. The number of hydrogen-bond donors (Lipinski definition) is 2. The Balaban J connectivity index is 1.57. The van der Waals surface area contributed by atoms with Crippen LogP contribution in [0.3, 0.4) is 0 Å². The molecule has 30 heavy (non-hydrogen) atoms. The van der Waals surface area contributed by atoms with E-state index in [0.717, 1.165) is 32.1 Å². The van der Waals surface area contributed by atoms with Crippen molar-refractivity contribution in [3.05, 3.63) is 0 Å². The van der Waals surface area contributed by atoms with Gasteiger partial charge in [-0.25, -0.2) is 0 Å². The summed E-state index contributed by atoms with van der Waals surface area (Å²) in [5.74, 6) is 2.96. The van der Waals surface area contributed by atoms with E-state index in [1.807, 2.05) is 0 Å². The predicted octanol–water partition coefficient (Wildman–Crippen LogP) is 4.07. The Morgan fingerprint density at radius 1 is 1.20 bits per heavy atom. The number of amides is 1. The molecule has 1 aliphatic heterocycles. The molecule has 4 rings (SSSR count). The van der Waals surface area contributed by atoms with E-state index in [9.17, 15) is 14.7 Å². The number of fused-ring (bicyclic) bond motifs is 5. The van der Waals surface area contributed by atoms with Gasteiger partial charge in [-0.1, -0.05) is 13.8 Å². The molecule has 170 valence electrons. The number of rotatable bonds is 4. The molecule has 3 aliphatic carbocycles. The number of hydrogen-bond acceptors (Lipinski definition) is 4. The molecule has 1 heterocycles. The minimum atomic E-state index is -0.177. The Morgan fingerprint density at radius 3 is 2.70 bits per heavy atom. The van der Waals surface area contributed by atoms with Crippen molar-refractivity contribution in [3.8, 4) is 0 Å². The van der Waals surface area contributed by atoms with Crippen molar-refractivity contribution in [3.63, 3.8) is 0 Å². The zero-order chi connectivity index (χ0) is 21.7. The van der Waals surface area contributed by atoms with Gasteiger partial charge in [0.15, 0.2) is 0 Å². The minimum absolute atomic E-state index is 0.141. The summed E-state index contributed by atoms with van der Waals surface area (Å²) in [7, 11) is 1.45. The third-order valence-corrected chi connectivity index (χ3v) is 10.1. The van der Waals surface area contributed by atoms with Gasteiger partial charge < -0.3 is 15.2 Å². The minimum Gasteiger partial charge on any atom is -0.469 e. The van der Waals surface area contributed by atoms with Gasteiger partial charge in [0.2, 0.25) is 5.91 Å². The number of methoxy groups -OCH3 is 1. The Hall–Kier alpha value is -1.10. The van der Waals surface area contributed by atoms with Crippen molar-refractivity contribution < 1.29 is 19.4 Å². The molecule has 4 fully saturated rings. The van der Waals surface area contributed by atoms with E-state index in [4.69, 9.17) is 4.74 Å². The second-order valence-corrected chi connectivity index (χ2v) is 11.4. The van der Waals surface area contributed by atoms with E-state index in [0.29, 0.717) is 48.3 Å². The average Bonchev–Trinajstić information content (AvgIpc) is 2.97. The maximum Gasteiger partial charge on any atom is 0.305 e. The maximum absolute atomic E-state index is 13.2. The van der Waals surface area contributed by atoms with Crippen LogP contribution in [0.15, 0.2) is 0 Å². The normalized spacial score (nSPS) is 46.6. The summed E-state index contributed by atoms with van der Waals surface area (Å²) in [5, 5.41) is 13.8. The van der Waals surface area contributed by atoms with Crippen molar-refractivity contribution >= 4 is 11.9 Å². The van der Waals surface area contributed by atoms with Crippen molar-refractivity contribution in [1.82, 2.24) is 5.32 Å². The van der Waals surface area contributed by atoms with Crippen LogP contribution in [0.4, 0.5) is 0 Å². The van der Waals surface area contributed by atoms with E-state index < -0.39 is 0 Å². The molecule has 1 amide bonds. The lowest BCUT2D eigenvalue weighted by atomic mass is 9.49. The third kappa shape index (κ3) is 3.59. The van der Waals surface area contributed by atoms with Gasteiger partial charge >= 0.3 is 5.97 Å². The lowest BCUT2D eigenvalue weighted by Gasteiger charge is -2.56. The molecule has 5 heteroatoms. The van der Waals surface area contributed by atoms with E-state index in [1.165, 1.54) is 26.4 Å². The highest BCUT2D eigenvalue weighted by Crippen LogP contribution is 2.62. The molecule has 0 aromatic heterocycles. The fraction of sp³-hybridized carbons (Fsp3) is 0.920. The van der Waals surface area contributed by atoms with E-state index in [1.54, 1.807) is 0 Å². The summed E-state index contributed by atoms with van der Waals surface area (Å²) >= 11 is 0. The van der Waals surface area contributed by atoms with E-state index in [2.05, 4.69) is 26.1 Å². The van der Waals surface area contributed by atoms with Crippen LogP contribution in [-0.4, -0.2) is 35.7 Å². The second kappa shape index (κ2) is 8.11. The number of carbonyl (C=O) groups excluding carboxylic acids is 2. The van der Waals surface area contributed by atoms with Gasteiger partial charge in [0.05, 0.1) is 13.2 Å². The monoisotopic (exact) mass is 419 g/mol. The van der Waals surface area contributed by atoms with Gasteiger partial charge in [-0.3, -0.25) is 9.59 Å². The lowest BCUT2D eigenvalue weighted by Crippen LogP contribution is -2.55. The van der Waals surface area contributed by atoms with Crippen LogP contribution in [0.2, 0.25) is 0 Å². The standard InChI is InChI=1S/C25H41NO4/c1-15(5-10-23(29)30-4)19-8-9-20-18-7-6-16-13-17(27)11-12-24(16,2)21(18)14-22(28)26-25(19,20)3/h15-21,27H,5-14H2,1-4H3,(H,26,28)/t15-,16-,17+,18+,19-,20+,21+,24+,25-/m1/s1. The third-order valence-electron chi connectivity index (χ3n) is 10.1. The topological polar surface area (TPSA) is 75.6 Å². The number of aliphatic hydroxyl groups excluding tert-OH is 1. The lowest BCUT2D eigenvalue weighted by molar-refractivity contribution is -0.141. The molecule has 0 aromatic rings. The molecule has 2 N–H and O–H groups in total. The molecular formula is C25H41NO4. The Morgan fingerprint density at radius 2 is 1.97 bits per heavy atom. The Bertz CT molecular complexity index is 680. The van der Waals surface area contributed by atoms with Crippen molar-refractivity contribution in [1.29, 1.82) is 0 Å². The molecule has 9 atom stereocenters. The van der Waals surface area contributed by atoms with Crippen molar-refractivity contribution in [2.75, 3.05) is 7.11 Å². The maximum atomic E-state index is 13.2. The first-order valence-corrected chi connectivity index (χ1v) is 12.2. The molecule has 4 aliphatic rings. The molecule has 0 radical (unpaired) electrons. The van der Waals surface area contributed by atoms with Gasteiger partial charge in [0.25, 0.3) is 0 Å². The van der Waals surface area contributed by atoms with Crippen LogP contribution in [0.1, 0.15) is 85.0 Å². The van der Waals surface area contributed by atoms with Crippen LogP contribution < -0.4 is 5.32 Å². The van der Waals surface area contributed by atoms with Crippen molar-refractivity contribution in [2.45, 2.75) is 96.6 Å². The highest BCUT2D eigenvalue weighted by molar-refractivity contribution is 5.78. The summed E-state index contributed by atoms with van der Waals surface area (Å²) in [6, 6.07) is 0. The first-order chi connectivity index (χ1) is 14.2. The summed E-state index contributed by atoms with van der Waals surface area (Å²) in [5.41, 5.74) is 0.00272. The van der Waals surface area contributed by atoms with Gasteiger partial charge in [-0.15, -0.1) is 0 Å². The SMILES string of the molecule is COC(=O)CC[C@@H](C)[C@H]1CC[C@H]2[C@@H]3CC[C@@H]4C[C@@H](O)CC[C@]4(C)[C@H]3CC(=O)N[C@]12C. The van der Waals surface area contributed by atoms with Gasteiger partial charge in [0.1, 0.15) is 0 Å². The van der Waals surface area contributed by atoms with Crippen molar-refractivity contribution in [2.24, 2.45) is 40.9 Å². The van der Waals surface area contributed by atoms with E-state index in [-0.39, 0.29) is 28.9 Å². The molecular weight excluding hydrogens is 378 g/mol. The number of carbonyl (C=O) groups is 2. The highest BCUT2D eigenvalue weighted by Gasteiger charge is 2.60. The van der Waals surface area contributed by atoms with Crippen LogP contribution in [0, 0.1) is 40.9 Å². The van der Waals surface area contributed by atoms with Crippen LogP contribution >= 0.6 is 0 Å². The first kappa shape index (κ1) is 22.1. The molecule has 1 saturated heterocycles. The molecule has 3 saturated carbocycles. The fourth-order valence-electron chi connectivity index (χ4n) is 8.44. The molecule has 0 bridgehead atoms. The summed E-state index contributed by atoms with van der Waals surface area (Å²) in [4.78, 5) is 24.9. The number of aliphatic hydroxyl groups is 1.